The summed E-state index contributed by atoms with van der Waals surface area (Å²) >= 11 is 0. The van der Waals surface area contributed by atoms with E-state index in [-0.39, 0.29) is 0 Å². The van der Waals surface area contributed by atoms with Crippen molar-refractivity contribution in [3.63, 3.8) is 0 Å². The van der Waals surface area contributed by atoms with E-state index >= 15 is 0 Å². The Balaban J connectivity index is 2.33. The van der Waals surface area contributed by atoms with E-state index in [0.717, 1.165) is 24.6 Å². The summed E-state index contributed by atoms with van der Waals surface area (Å²) in [5.74, 6) is 2.41. The number of aryl methyl sites for hydroxylation is 1. The Kier molecular flexibility index (Phi) is 2.59. The standard InChI is InChI=1S/C12H20N2O/c1-8-14-11-9(7-13-4)5-12(2,3)6-10(11)15-8/h9,13H,5-7H2,1-4H3. The van der Waals surface area contributed by atoms with Gasteiger partial charge in [-0.2, -0.15) is 0 Å². The van der Waals surface area contributed by atoms with Gasteiger partial charge in [0.2, 0.25) is 0 Å². The second-order valence-electron chi connectivity index (χ2n) is 5.34. The zero-order valence-corrected chi connectivity index (χ0v) is 10.1. The molecule has 1 atom stereocenters. The van der Waals surface area contributed by atoms with E-state index in [4.69, 9.17) is 4.42 Å². The van der Waals surface area contributed by atoms with Crippen molar-refractivity contribution >= 4 is 0 Å². The molecule has 1 aliphatic rings. The molecule has 1 aromatic heterocycles. The van der Waals surface area contributed by atoms with Gasteiger partial charge < -0.3 is 9.73 Å². The maximum absolute atomic E-state index is 5.68. The van der Waals surface area contributed by atoms with Gasteiger partial charge in [-0.25, -0.2) is 4.98 Å². The lowest BCUT2D eigenvalue weighted by molar-refractivity contribution is 0.250. The zero-order valence-electron chi connectivity index (χ0n) is 10.1. The summed E-state index contributed by atoms with van der Waals surface area (Å²) in [4.78, 5) is 4.51. The Morgan fingerprint density at radius 2 is 2.27 bits per heavy atom. The fraction of sp³-hybridized carbons (Fsp3) is 0.750. The van der Waals surface area contributed by atoms with Crippen molar-refractivity contribution in [1.29, 1.82) is 0 Å². The van der Waals surface area contributed by atoms with Crippen LogP contribution in [0.4, 0.5) is 0 Å². The van der Waals surface area contributed by atoms with E-state index in [0.29, 0.717) is 11.3 Å². The zero-order chi connectivity index (χ0) is 11.1. The summed E-state index contributed by atoms with van der Waals surface area (Å²) in [5.41, 5.74) is 1.52. The first-order chi connectivity index (χ1) is 7.02. The molecule has 84 valence electrons. The molecule has 1 N–H and O–H groups in total. The van der Waals surface area contributed by atoms with Gasteiger partial charge in [-0.3, -0.25) is 0 Å². The number of likely N-dealkylation sites (N-methyl/N-ethyl adjacent to an activating group) is 1. The molecule has 0 amide bonds. The number of nitrogens with zero attached hydrogens (tertiary/aromatic N) is 1. The average Bonchev–Trinajstić information content (AvgIpc) is 2.44. The molecule has 1 aliphatic carbocycles. The van der Waals surface area contributed by atoms with E-state index in [1.54, 1.807) is 0 Å². The Hall–Kier alpha value is -0.830. The fourth-order valence-electron chi connectivity index (χ4n) is 2.62. The lowest BCUT2D eigenvalue weighted by Crippen LogP contribution is -2.30. The van der Waals surface area contributed by atoms with Crippen molar-refractivity contribution in [1.82, 2.24) is 10.3 Å². The molecule has 3 heteroatoms. The number of aromatic nitrogens is 1. The van der Waals surface area contributed by atoms with Crippen LogP contribution in [-0.2, 0) is 6.42 Å². The molecule has 1 heterocycles. The molecule has 0 bridgehead atoms. The molecular weight excluding hydrogens is 188 g/mol. The normalized spacial score (nSPS) is 23.9. The number of oxazole rings is 1. The quantitative estimate of drug-likeness (QED) is 0.810. The summed E-state index contributed by atoms with van der Waals surface area (Å²) in [6.07, 6.45) is 2.20. The molecule has 1 unspecified atom stereocenters. The van der Waals surface area contributed by atoms with E-state index in [2.05, 4.69) is 24.1 Å². The fourth-order valence-corrected chi connectivity index (χ4v) is 2.62. The predicted molar refractivity (Wildman–Crippen MR) is 60.0 cm³/mol. The Bertz CT molecular complexity index is 355. The van der Waals surface area contributed by atoms with E-state index in [1.807, 2.05) is 14.0 Å². The van der Waals surface area contributed by atoms with Crippen LogP contribution in [0.1, 0.15) is 43.5 Å². The number of hydrogen-bond donors (Lipinski definition) is 1. The van der Waals surface area contributed by atoms with E-state index < -0.39 is 0 Å². The van der Waals surface area contributed by atoms with Crippen molar-refractivity contribution in [2.24, 2.45) is 5.41 Å². The maximum atomic E-state index is 5.68. The molecule has 0 radical (unpaired) electrons. The van der Waals surface area contributed by atoms with Crippen LogP contribution in [0, 0.1) is 12.3 Å². The summed E-state index contributed by atoms with van der Waals surface area (Å²) in [6, 6.07) is 0. The smallest absolute Gasteiger partial charge is 0.191 e. The van der Waals surface area contributed by atoms with Crippen LogP contribution < -0.4 is 5.32 Å². The highest BCUT2D eigenvalue weighted by atomic mass is 16.4. The first-order valence-electron chi connectivity index (χ1n) is 5.62. The summed E-state index contributed by atoms with van der Waals surface area (Å²) < 4.78 is 5.68. The van der Waals surface area contributed by atoms with Crippen LogP contribution in [-0.4, -0.2) is 18.6 Å². The van der Waals surface area contributed by atoms with Gasteiger partial charge >= 0.3 is 0 Å². The molecule has 0 aliphatic heterocycles. The van der Waals surface area contributed by atoms with E-state index in [9.17, 15) is 0 Å². The third-order valence-electron chi connectivity index (χ3n) is 3.11. The number of nitrogens with one attached hydrogen (secondary N) is 1. The van der Waals surface area contributed by atoms with Gasteiger partial charge in [0.05, 0.1) is 5.69 Å². The molecule has 0 spiro atoms. The van der Waals surface area contributed by atoms with Gasteiger partial charge in [0.25, 0.3) is 0 Å². The SMILES string of the molecule is CNCC1CC(C)(C)Cc2oc(C)nc21. The summed E-state index contributed by atoms with van der Waals surface area (Å²) in [7, 11) is 1.99. The Labute approximate surface area is 91.3 Å². The van der Waals surface area contributed by atoms with Gasteiger partial charge in [-0.15, -0.1) is 0 Å². The highest BCUT2D eigenvalue weighted by molar-refractivity contribution is 5.21. The van der Waals surface area contributed by atoms with Gasteiger partial charge in [-0.05, 0) is 18.9 Å². The third kappa shape index (κ3) is 2.07. The Morgan fingerprint density at radius 1 is 1.53 bits per heavy atom. The number of hydrogen-bond acceptors (Lipinski definition) is 3. The van der Waals surface area contributed by atoms with Crippen molar-refractivity contribution in [3.8, 4) is 0 Å². The molecule has 0 aromatic carbocycles. The van der Waals surface area contributed by atoms with Crippen LogP contribution in [0.25, 0.3) is 0 Å². The molecule has 0 fully saturated rings. The van der Waals surface area contributed by atoms with Gasteiger partial charge in [0, 0.05) is 25.8 Å². The highest BCUT2D eigenvalue weighted by Crippen LogP contribution is 2.41. The van der Waals surface area contributed by atoms with E-state index in [1.165, 1.54) is 12.1 Å². The van der Waals surface area contributed by atoms with Crippen molar-refractivity contribution in [2.75, 3.05) is 13.6 Å². The van der Waals surface area contributed by atoms with Gasteiger partial charge in [0.1, 0.15) is 5.76 Å². The number of rotatable bonds is 2. The van der Waals surface area contributed by atoms with Crippen LogP contribution in [0.5, 0.6) is 0 Å². The topological polar surface area (TPSA) is 38.1 Å². The van der Waals surface area contributed by atoms with Crippen LogP contribution in [0.15, 0.2) is 4.42 Å². The lowest BCUT2D eigenvalue weighted by Gasteiger charge is -2.33. The molecular formula is C12H20N2O. The van der Waals surface area contributed by atoms with Crippen LogP contribution in [0.3, 0.4) is 0 Å². The molecule has 0 saturated carbocycles. The molecule has 3 nitrogen and oxygen atoms in total. The second kappa shape index (κ2) is 3.63. The summed E-state index contributed by atoms with van der Waals surface area (Å²) in [5, 5.41) is 3.24. The lowest BCUT2D eigenvalue weighted by atomic mass is 9.73. The molecule has 15 heavy (non-hydrogen) atoms. The maximum Gasteiger partial charge on any atom is 0.191 e. The van der Waals surface area contributed by atoms with Gasteiger partial charge in [-0.1, -0.05) is 13.8 Å². The molecule has 2 rings (SSSR count). The third-order valence-corrected chi connectivity index (χ3v) is 3.11. The number of fused-ring (bicyclic) bond motifs is 1. The van der Waals surface area contributed by atoms with Crippen LogP contribution in [0.2, 0.25) is 0 Å². The minimum absolute atomic E-state index is 0.334. The summed E-state index contributed by atoms with van der Waals surface area (Å²) in [6.45, 7) is 7.52. The van der Waals surface area contributed by atoms with Crippen molar-refractivity contribution in [3.05, 3.63) is 17.3 Å². The second-order valence-corrected chi connectivity index (χ2v) is 5.34. The largest absolute Gasteiger partial charge is 0.446 e. The van der Waals surface area contributed by atoms with Crippen molar-refractivity contribution < 1.29 is 4.42 Å². The Morgan fingerprint density at radius 3 is 2.93 bits per heavy atom. The average molecular weight is 208 g/mol. The molecule has 1 aromatic rings. The van der Waals surface area contributed by atoms with Crippen molar-refractivity contribution in [2.45, 2.75) is 39.5 Å². The van der Waals surface area contributed by atoms with Gasteiger partial charge in [0.15, 0.2) is 5.89 Å². The minimum atomic E-state index is 0.334. The predicted octanol–water partition coefficient (Wildman–Crippen LogP) is 2.26. The first kappa shape index (κ1) is 10.7. The minimum Gasteiger partial charge on any atom is -0.446 e. The highest BCUT2D eigenvalue weighted by Gasteiger charge is 2.35. The molecule has 0 saturated heterocycles. The van der Waals surface area contributed by atoms with Crippen LogP contribution >= 0.6 is 0 Å². The monoisotopic (exact) mass is 208 g/mol. The first-order valence-corrected chi connectivity index (χ1v) is 5.62.